The number of rotatable bonds is 6. The van der Waals surface area contributed by atoms with Gasteiger partial charge in [0, 0.05) is 24.4 Å². The highest BCUT2D eigenvalue weighted by Crippen LogP contribution is 2.17. The smallest absolute Gasteiger partial charge is 0.257 e. The van der Waals surface area contributed by atoms with Gasteiger partial charge in [0.1, 0.15) is 5.01 Å². The van der Waals surface area contributed by atoms with Crippen LogP contribution in [0.25, 0.3) is 0 Å². The predicted octanol–water partition coefficient (Wildman–Crippen LogP) is 2.99. The van der Waals surface area contributed by atoms with Crippen LogP contribution < -0.4 is 5.32 Å². The molecule has 1 N–H and O–H groups in total. The Balaban J connectivity index is 1.62. The van der Waals surface area contributed by atoms with Gasteiger partial charge in [-0.15, -0.1) is 10.2 Å². The van der Waals surface area contributed by atoms with E-state index in [-0.39, 0.29) is 5.91 Å². The molecule has 0 aliphatic rings. The van der Waals surface area contributed by atoms with E-state index in [0.29, 0.717) is 17.2 Å². The molecule has 0 aliphatic heterocycles. The minimum atomic E-state index is -0.171. The zero-order valence-electron chi connectivity index (χ0n) is 12.8. The van der Waals surface area contributed by atoms with E-state index >= 15 is 0 Å². The summed E-state index contributed by atoms with van der Waals surface area (Å²) in [4.78, 5) is 12.2. The Morgan fingerprint density at radius 1 is 1.26 bits per heavy atom. The second-order valence-corrected chi connectivity index (χ2v) is 6.17. The zero-order valence-corrected chi connectivity index (χ0v) is 13.6. The average molecular weight is 327 g/mol. The van der Waals surface area contributed by atoms with Gasteiger partial charge in [-0.3, -0.25) is 14.8 Å². The highest BCUT2D eigenvalue weighted by Gasteiger charge is 2.10. The van der Waals surface area contributed by atoms with E-state index in [0.717, 1.165) is 23.4 Å². The van der Waals surface area contributed by atoms with Crippen molar-refractivity contribution >= 4 is 22.4 Å². The van der Waals surface area contributed by atoms with Crippen LogP contribution in [0.2, 0.25) is 0 Å². The Bertz CT molecular complexity index is 764. The van der Waals surface area contributed by atoms with E-state index in [9.17, 15) is 4.79 Å². The quantitative estimate of drug-likeness (QED) is 0.755. The van der Waals surface area contributed by atoms with Gasteiger partial charge in [-0.1, -0.05) is 30.4 Å². The molecule has 0 bridgehead atoms. The van der Waals surface area contributed by atoms with Crippen molar-refractivity contribution in [1.82, 2.24) is 20.0 Å². The minimum Gasteiger partial charge on any atom is -0.296 e. The van der Waals surface area contributed by atoms with Crippen molar-refractivity contribution in [1.29, 1.82) is 0 Å². The van der Waals surface area contributed by atoms with Crippen molar-refractivity contribution in [2.75, 3.05) is 5.32 Å². The molecule has 7 heteroatoms. The summed E-state index contributed by atoms with van der Waals surface area (Å²) in [6.45, 7) is 2.77. The summed E-state index contributed by atoms with van der Waals surface area (Å²) in [5.41, 5.74) is 1.69. The van der Waals surface area contributed by atoms with E-state index < -0.39 is 0 Å². The lowest BCUT2D eigenvalue weighted by molar-refractivity contribution is 0.102. The molecule has 0 atom stereocenters. The first kappa shape index (κ1) is 15.4. The summed E-state index contributed by atoms with van der Waals surface area (Å²) < 4.78 is 1.84. The SMILES string of the molecule is CCCc1nnc(NC(=O)c2ccc(Cn3cccn3)cc2)s1. The molecule has 0 unspecified atom stereocenters. The molecule has 6 nitrogen and oxygen atoms in total. The number of hydrogen-bond acceptors (Lipinski definition) is 5. The van der Waals surface area contributed by atoms with Crippen molar-refractivity contribution in [2.24, 2.45) is 0 Å². The fourth-order valence-electron chi connectivity index (χ4n) is 2.13. The molecule has 0 fully saturated rings. The van der Waals surface area contributed by atoms with Gasteiger partial charge in [0.15, 0.2) is 0 Å². The molecule has 3 rings (SSSR count). The Kier molecular flexibility index (Phi) is 4.77. The van der Waals surface area contributed by atoms with Crippen LogP contribution in [-0.2, 0) is 13.0 Å². The number of benzene rings is 1. The lowest BCUT2D eigenvalue weighted by atomic mass is 10.1. The first-order chi connectivity index (χ1) is 11.2. The van der Waals surface area contributed by atoms with Crippen molar-refractivity contribution in [3.63, 3.8) is 0 Å². The molecular weight excluding hydrogens is 310 g/mol. The van der Waals surface area contributed by atoms with E-state index in [1.165, 1.54) is 11.3 Å². The Hall–Kier alpha value is -2.54. The highest BCUT2D eigenvalue weighted by molar-refractivity contribution is 7.15. The molecule has 23 heavy (non-hydrogen) atoms. The van der Waals surface area contributed by atoms with Gasteiger partial charge in [-0.2, -0.15) is 5.10 Å². The number of aryl methyl sites for hydroxylation is 1. The van der Waals surface area contributed by atoms with Crippen molar-refractivity contribution in [3.8, 4) is 0 Å². The monoisotopic (exact) mass is 327 g/mol. The van der Waals surface area contributed by atoms with E-state index in [4.69, 9.17) is 0 Å². The molecule has 3 aromatic rings. The third-order valence-electron chi connectivity index (χ3n) is 3.27. The fraction of sp³-hybridized carbons (Fsp3) is 0.250. The molecule has 0 saturated carbocycles. The normalized spacial score (nSPS) is 10.7. The van der Waals surface area contributed by atoms with Crippen LogP contribution in [0.5, 0.6) is 0 Å². The summed E-state index contributed by atoms with van der Waals surface area (Å²) >= 11 is 1.42. The number of carbonyl (C=O) groups excluding carboxylic acids is 1. The van der Waals surface area contributed by atoms with E-state index in [2.05, 4.69) is 27.5 Å². The summed E-state index contributed by atoms with van der Waals surface area (Å²) in [6, 6.07) is 9.36. The van der Waals surface area contributed by atoms with Crippen molar-refractivity contribution in [2.45, 2.75) is 26.3 Å². The topological polar surface area (TPSA) is 72.7 Å². The second-order valence-electron chi connectivity index (χ2n) is 5.11. The molecule has 118 valence electrons. The average Bonchev–Trinajstić information content (AvgIpc) is 3.21. The van der Waals surface area contributed by atoms with E-state index in [1.807, 2.05) is 41.2 Å². The molecule has 0 radical (unpaired) electrons. The maximum atomic E-state index is 12.2. The van der Waals surface area contributed by atoms with Crippen LogP contribution in [0.1, 0.15) is 34.3 Å². The number of nitrogens with zero attached hydrogens (tertiary/aromatic N) is 4. The minimum absolute atomic E-state index is 0.171. The second kappa shape index (κ2) is 7.15. The first-order valence-electron chi connectivity index (χ1n) is 7.44. The number of amides is 1. The largest absolute Gasteiger partial charge is 0.296 e. The van der Waals surface area contributed by atoms with Gasteiger partial charge in [-0.25, -0.2) is 0 Å². The number of carbonyl (C=O) groups is 1. The maximum absolute atomic E-state index is 12.2. The van der Waals surface area contributed by atoms with Crippen LogP contribution in [0.15, 0.2) is 42.7 Å². The van der Waals surface area contributed by atoms with Gasteiger partial charge >= 0.3 is 0 Å². The Morgan fingerprint density at radius 3 is 2.78 bits per heavy atom. The van der Waals surface area contributed by atoms with Crippen molar-refractivity contribution in [3.05, 3.63) is 58.9 Å². The van der Waals surface area contributed by atoms with Gasteiger partial charge in [0.2, 0.25) is 5.13 Å². The van der Waals surface area contributed by atoms with Crippen LogP contribution in [0.4, 0.5) is 5.13 Å². The highest BCUT2D eigenvalue weighted by atomic mass is 32.1. The van der Waals surface area contributed by atoms with Gasteiger partial charge in [0.05, 0.1) is 6.54 Å². The summed E-state index contributed by atoms with van der Waals surface area (Å²) in [5, 5.41) is 16.5. The molecular formula is C16H17N5OS. The lowest BCUT2D eigenvalue weighted by Gasteiger charge is -2.04. The molecule has 1 aromatic carbocycles. The van der Waals surface area contributed by atoms with Crippen molar-refractivity contribution < 1.29 is 4.79 Å². The molecule has 2 heterocycles. The summed E-state index contributed by atoms with van der Waals surface area (Å²) in [5.74, 6) is -0.171. The molecule has 0 spiro atoms. The number of hydrogen-bond donors (Lipinski definition) is 1. The van der Waals surface area contributed by atoms with Crippen LogP contribution in [-0.4, -0.2) is 25.9 Å². The standard InChI is InChI=1S/C16H17N5OS/c1-2-4-14-19-20-16(23-14)18-15(22)13-7-5-12(6-8-13)11-21-10-3-9-17-21/h3,5-10H,2,4,11H2,1H3,(H,18,20,22). The van der Waals surface area contributed by atoms with Crippen LogP contribution >= 0.6 is 11.3 Å². The maximum Gasteiger partial charge on any atom is 0.257 e. The molecule has 0 saturated heterocycles. The third-order valence-corrected chi connectivity index (χ3v) is 4.17. The molecule has 1 amide bonds. The van der Waals surface area contributed by atoms with Crippen LogP contribution in [0, 0.1) is 0 Å². The summed E-state index contributed by atoms with van der Waals surface area (Å²) in [7, 11) is 0. The summed E-state index contributed by atoms with van der Waals surface area (Å²) in [6.07, 6.45) is 5.55. The van der Waals surface area contributed by atoms with Gasteiger partial charge in [-0.05, 0) is 30.2 Å². The Morgan fingerprint density at radius 2 is 2.09 bits per heavy atom. The fourth-order valence-corrected chi connectivity index (χ4v) is 2.97. The lowest BCUT2D eigenvalue weighted by Crippen LogP contribution is -2.11. The molecule has 0 aliphatic carbocycles. The molecule has 2 aromatic heterocycles. The first-order valence-corrected chi connectivity index (χ1v) is 8.26. The zero-order chi connectivity index (χ0) is 16.1. The number of nitrogens with one attached hydrogen (secondary N) is 1. The van der Waals surface area contributed by atoms with E-state index in [1.54, 1.807) is 6.20 Å². The van der Waals surface area contributed by atoms with Gasteiger partial charge < -0.3 is 0 Å². The third kappa shape index (κ3) is 4.01. The predicted molar refractivity (Wildman–Crippen MR) is 89.6 cm³/mol. The Labute approximate surface area is 138 Å². The number of aromatic nitrogens is 4. The van der Waals surface area contributed by atoms with Crippen LogP contribution in [0.3, 0.4) is 0 Å². The van der Waals surface area contributed by atoms with Gasteiger partial charge in [0.25, 0.3) is 5.91 Å². The number of anilines is 1.